The van der Waals surface area contributed by atoms with Gasteiger partial charge in [0.15, 0.2) is 0 Å². The quantitative estimate of drug-likeness (QED) is 0.789. The highest BCUT2D eigenvalue weighted by atomic mass is 16.2. The van der Waals surface area contributed by atoms with E-state index in [1.54, 1.807) is 12.1 Å². The molecular formula is C14H10N2O3. The van der Waals surface area contributed by atoms with Gasteiger partial charge in [-0.05, 0) is 22.9 Å². The maximum atomic E-state index is 11.8. The van der Waals surface area contributed by atoms with Crippen LogP contribution in [0.25, 0.3) is 10.8 Å². The molecule has 1 saturated heterocycles. The highest BCUT2D eigenvalue weighted by Gasteiger charge is 2.31. The van der Waals surface area contributed by atoms with E-state index in [9.17, 15) is 14.4 Å². The van der Waals surface area contributed by atoms with E-state index in [0.29, 0.717) is 5.69 Å². The highest BCUT2D eigenvalue weighted by molar-refractivity contribution is 6.26. The summed E-state index contributed by atoms with van der Waals surface area (Å²) in [6, 6.07) is 12.2. The van der Waals surface area contributed by atoms with Crippen LogP contribution in [0.2, 0.25) is 0 Å². The summed E-state index contributed by atoms with van der Waals surface area (Å²) >= 11 is 0. The molecule has 0 unspecified atom stereocenters. The lowest BCUT2D eigenvalue weighted by Gasteiger charge is -2.24. The fourth-order valence-electron chi connectivity index (χ4n) is 2.13. The van der Waals surface area contributed by atoms with Crippen molar-refractivity contribution in [3.05, 3.63) is 42.5 Å². The van der Waals surface area contributed by atoms with Crippen LogP contribution in [0.5, 0.6) is 0 Å². The molecule has 1 aliphatic rings. The SMILES string of the molecule is O=C1CC(=O)N(c2ccc3ccccc3c2)C(=O)N1. The van der Waals surface area contributed by atoms with Crippen LogP contribution >= 0.6 is 0 Å². The summed E-state index contributed by atoms with van der Waals surface area (Å²) in [5.41, 5.74) is 0.466. The zero-order valence-electron chi connectivity index (χ0n) is 9.92. The van der Waals surface area contributed by atoms with Gasteiger partial charge < -0.3 is 0 Å². The number of carbonyl (C=O) groups excluding carboxylic acids is 3. The zero-order chi connectivity index (χ0) is 13.4. The van der Waals surface area contributed by atoms with Crippen molar-refractivity contribution in [2.75, 3.05) is 4.90 Å². The summed E-state index contributed by atoms with van der Waals surface area (Å²) in [6.07, 6.45) is -0.307. The van der Waals surface area contributed by atoms with Crippen LogP contribution in [0.4, 0.5) is 10.5 Å². The van der Waals surface area contributed by atoms with E-state index in [0.717, 1.165) is 15.7 Å². The van der Waals surface area contributed by atoms with Crippen molar-refractivity contribution in [1.82, 2.24) is 5.32 Å². The molecule has 1 N–H and O–H groups in total. The number of hydrogen-bond acceptors (Lipinski definition) is 3. The van der Waals surface area contributed by atoms with Crippen molar-refractivity contribution in [3.63, 3.8) is 0 Å². The fourth-order valence-corrected chi connectivity index (χ4v) is 2.13. The molecule has 0 bridgehead atoms. The number of benzene rings is 2. The Hall–Kier alpha value is -2.69. The maximum absolute atomic E-state index is 11.8. The summed E-state index contributed by atoms with van der Waals surface area (Å²) in [5.74, 6) is -1.07. The van der Waals surface area contributed by atoms with Crippen LogP contribution in [-0.2, 0) is 9.59 Å². The lowest BCUT2D eigenvalue weighted by Crippen LogP contribution is -2.52. The summed E-state index contributed by atoms with van der Waals surface area (Å²) in [5, 5.41) is 4.08. The van der Waals surface area contributed by atoms with Gasteiger partial charge in [-0.15, -0.1) is 0 Å². The molecule has 0 atom stereocenters. The number of nitrogens with zero attached hydrogens (tertiary/aromatic N) is 1. The molecule has 0 saturated carbocycles. The van der Waals surface area contributed by atoms with E-state index in [4.69, 9.17) is 0 Å². The van der Waals surface area contributed by atoms with Crippen LogP contribution in [0, 0.1) is 0 Å². The molecule has 5 nitrogen and oxygen atoms in total. The van der Waals surface area contributed by atoms with Crippen molar-refractivity contribution < 1.29 is 14.4 Å². The first-order chi connectivity index (χ1) is 9.15. The maximum Gasteiger partial charge on any atom is 0.335 e. The van der Waals surface area contributed by atoms with Gasteiger partial charge in [-0.3, -0.25) is 14.9 Å². The van der Waals surface area contributed by atoms with Crippen LogP contribution in [0.15, 0.2) is 42.5 Å². The van der Waals surface area contributed by atoms with Crippen molar-refractivity contribution in [2.45, 2.75) is 6.42 Å². The minimum atomic E-state index is -0.698. The Morgan fingerprint density at radius 2 is 1.68 bits per heavy atom. The molecule has 4 amide bonds. The van der Waals surface area contributed by atoms with E-state index < -0.39 is 17.8 Å². The van der Waals surface area contributed by atoms with Gasteiger partial charge >= 0.3 is 6.03 Å². The Balaban J connectivity index is 2.06. The summed E-state index contributed by atoms with van der Waals surface area (Å²) < 4.78 is 0. The monoisotopic (exact) mass is 254 g/mol. The van der Waals surface area contributed by atoms with Crippen molar-refractivity contribution in [1.29, 1.82) is 0 Å². The molecule has 0 aliphatic carbocycles. The number of hydrogen-bond donors (Lipinski definition) is 1. The van der Waals surface area contributed by atoms with Gasteiger partial charge in [-0.1, -0.05) is 30.3 Å². The van der Waals surface area contributed by atoms with E-state index in [1.807, 2.05) is 30.3 Å². The third-order valence-electron chi connectivity index (χ3n) is 3.00. The lowest BCUT2D eigenvalue weighted by molar-refractivity contribution is -0.128. The molecule has 0 radical (unpaired) electrons. The zero-order valence-corrected chi connectivity index (χ0v) is 9.92. The molecule has 0 spiro atoms. The minimum Gasteiger partial charge on any atom is -0.277 e. The van der Waals surface area contributed by atoms with Gasteiger partial charge in [0, 0.05) is 0 Å². The molecule has 2 aromatic carbocycles. The smallest absolute Gasteiger partial charge is 0.277 e. The molecule has 0 aromatic heterocycles. The number of imide groups is 2. The minimum absolute atomic E-state index is 0.307. The first-order valence-corrected chi connectivity index (χ1v) is 5.81. The van der Waals surface area contributed by atoms with Crippen molar-refractivity contribution in [3.8, 4) is 0 Å². The average molecular weight is 254 g/mol. The van der Waals surface area contributed by atoms with Gasteiger partial charge in [0.25, 0.3) is 0 Å². The second-order valence-electron chi connectivity index (χ2n) is 4.29. The number of carbonyl (C=O) groups is 3. The molecule has 3 rings (SSSR count). The molecule has 94 valence electrons. The van der Waals surface area contributed by atoms with E-state index in [2.05, 4.69) is 5.32 Å². The Morgan fingerprint density at radius 3 is 2.42 bits per heavy atom. The highest BCUT2D eigenvalue weighted by Crippen LogP contribution is 2.23. The topological polar surface area (TPSA) is 66.5 Å². The number of anilines is 1. The Kier molecular flexibility index (Phi) is 2.52. The van der Waals surface area contributed by atoms with Crippen LogP contribution in [0.1, 0.15) is 6.42 Å². The summed E-state index contributed by atoms with van der Waals surface area (Å²) in [4.78, 5) is 35.6. The molecule has 5 heteroatoms. The number of rotatable bonds is 1. The number of barbiturate groups is 1. The van der Waals surface area contributed by atoms with E-state index in [-0.39, 0.29) is 6.42 Å². The average Bonchev–Trinajstić information content (AvgIpc) is 2.37. The van der Waals surface area contributed by atoms with Gasteiger partial charge in [0.1, 0.15) is 6.42 Å². The summed E-state index contributed by atoms with van der Waals surface area (Å²) in [7, 11) is 0. The van der Waals surface area contributed by atoms with Crippen molar-refractivity contribution >= 4 is 34.3 Å². The van der Waals surface area contributed by atoms with Gasteiger partial charge in [-0.25, -0.2) is 9.69 Å². The Morgan fingerprint density at radius 1 is 0.947 bits per heavy atom. The third kappa shape index (κ3) is 1.95. The molecule has 1 aliphatic heterocycles. The standard InChI is InChI=1S/C14H10N2O3/c17-12-8-13(18)16(14(19)15-12)11-6-5-9-3-1-2-4-10(9)7-11/h1-7H,8H2,(H,15,17,19). The molecule has 2 aromatic rings. The number of amides is 4. The molecule has 1 fully saturated rings. The molecular weight excluding hydrogens is 244 g/mol. The molecule has 1 heterocycles. The number of fused-ring (bicyclic) bond motifs is 1. The van der Waals surface area contributed by atoms with Crippen LogP contribution < -0.4 is 10.2 Å². The number of urea groups is 1. The number of nitrogens with one attached hydrogen (secondary N) is 1. The lowest BCUT2D eigenvalue weighted by atomic mass is 10.1. The summed E-state index contributed by atoms with van der Waals surface area (Å²) in [6.45, 7) is 0. The van der Waals surface area contributed by atoms with Gasteiger partial charge in [-0.2, -0.15) is 0 Å². The van der Waals surface area contributed by atoms with E-state index in [1.165, 1.54) is 0 Å². The fraction of sp³-hybridized carbons (Fsp3) is 0.0714. The van der Waals surface area contributed by atoms with E-state index >= 15 is 0 Å². The Bertz CT molecular complexity index is 689. The predicted octanol–water partition coefficient (Wildman–Crippen LogP) is 1.81. The van der Waals surface area contributed by atoms with Crippen LogP contribution in [0.3, 0.4) is 0 Å². The predicted molar refractivity (Wildman–Crippen MR) is 69.6 cm³/mol. The van der Waals surface area contributed by atoms with Crippen molar-refractivity contribution in [2.24, 2.45) is 0 Å². The second kappa shape index (κ2) is 4.20. The second-order valence-corrected chi connectivity index (χ2v) is 4.29. The van der Waals surface area contributed by atoms with Crippen LogP contribution in [-0.4, -0.2) is 17.8 Å². The molecule has 19 heavy (non-hydrogen) atoms. The largest absolute Gasteiger partial charge is 0.335 e. The first-order valence-electron chi connectivity index (χ1n) is 5.81. The first kappa shape index (κ1) is 11.4. The van der Waals surface area contributed by atoms with Gasteiger partial charge in [0.05, 0.1) is 5.69 Å². The van der Waals surface area contributed by atoms with Gasteiger partial charge in [0.2, 0.25) is 11.8 Å². The normalized spacial score (nSPS) is 15.8. The third-order valence-corrected chi connectivity index (χ3v) is 3.00. The Labute approximate surface area is 108 Å².